The summed E-state index contributed by atoms with van der Waals surface area (Å²) >= 11 is 1.39. The molecule has 2 aliphatic rings. The second-order valence-corrected chi connectivity index (χ2v) is 11.4. The lowest BCUT2D eigenvalue weighted by molar-refractivity contribution is 0.0893. The van der Waals surface area contributed by atoms with Crippen molar-refractivity contribution < 1.29 is 19.4 Å². The van der Waals surface area contributed by atoms with Crippen LogP contribution in [0.4, 0.5) is 4.79 Å². The van der Waals surface area contributed by atoms with Gasteiger partial charge in [0.15, 0.2) is 0 Å². The molecule has 2 aromatic carbocycles. The number of amides is 2. The SMILES string of the molecule is O=C(NCCC1CCN(Cc2ccccc2)CC1)c1cnc(-c2ccc(OC3CCN(C(=O)O)CC3)cc2)s1. The summed E-state index contributed by atoms with van der Waals surface area (Å²) in [5, 5.41) is 13.0. The van der Waals surface area contributed by atoms with Crippen LogP contribution < -0.4 is 10.1 Å². The Kier molecular flexibility index (Phi) is 9.11. The molecule has 2 N–H and O–H groups in total. The molecule has 39 heavy (non-hydrogen) atoms. The first-order valence-electron chi connectivity index (χ1n) is 13.8. The van der Waals surface area contributed by atoms with Crippen LogP contribution in [0.5, 0.6) is 5.75 Å². The van der Waals surface area contributed by atoms with Crippen LogP contribution in [0.3, 0.4) is 0 Å². The van der Waals surface area contributed by atoms with Crippen LogP contribution >= 0.6 is 11.3 Å². The van der Waals surface area contributed by atoms with Gasteiger partial charge in [0.2, 0.25) is 0 Å². The van der Waals surface area contributed by atoms with Crippen molar-refractivity contribution in [3.05, 3.63) is 71.2 Å². The van der Waals surface area contributed by atoms with Crippen molar-refractivity contribution in [2.75, 3.05) is 32.7 Å². The fraction of sp³-hybridized carbons (Fsp3) is 0.433. The van der Waals surface area contributed by atoms with Gasteiger partial charge in [-0.15, -0.1) is 11.3 Å². The van der Waals surface area contributed by atoms with Gasteiger partial charge in [0.1, 0.15) is 21.7 Å². The lowest BCUT2D eigenvalue weighted by Gasteiger charge is -2.32. The fourth-order valence-electron chi connectivity index (χ4n) is 5.30. The Hall–Kier alpha value is -3.43. The van der Waals surface area contributed by atoms with Gasteiger partial charge < -0.3 is 20.1 Å². The third-order valence-corrected chi connectivity index (χ3v) is 8.69. The molecule has 2 amide bonds. The minimum atomic E-state index is -0.871. The Labute approximate surface area is 233 Å². The molecule has 2 aliphatic heterocycles. The van der Waals surface area contributed by atoms with Gasteiger partial charge in [0, 0.05) is 44.6 Å². The van der Waals surface area contributed by atoms with E-state index in [2.05, 4.69) is 45.5 Å². The van der Waals surface area contributed by atoms with Crippen LogP contribution in [-0.4, -0.2) is 70.7 Å². The minimum absolute atomic E-state index is 0.0171. The highest BCUT2D eigenvalue weighted by Crippen LogP contribution is 2.28. The summed E-state index contributed by atoms with van der Waals surface area (Å²) in [6.45, 7) is 4.92. The van der Waals surface area contributed by atoms with E-state index in [1.54, 1.807) is 6.20 Å². The van der Waals surface area contributed by atoms with E-state index in [1.807, 2.05) is 24.3 Å². The zero-order chi connectivity index (χ0) is 27.0. The van der Waals surface area contributed by atoms with Crippen LogP contribution in [0.25, 0.3) is 10.6 Å². The summed E-state index contributed by atoms with van der Waals surface area (Å²) in [4.78, 5) is 32.8. The van der Waals surface area contributed by atoms with Gasteiger partial charge in [-0.2, -0.15) is 0 Å². The molecule has 206 valence electrons. The standard InChI is InChI=1S/C30H36N4O4S/c35-28(31-15-10-22-11-16-33(17-12-22)21-23-4-2-1-3-5-23)27-20-32-29(39-27)24-6-8-25(9-7-24)38-26-13-18-34(19-14-26)30(36)37/h1-9,20,22,26H,10-19,21H2,(H,31,35)(H,36,37). The number of carbonyl (C=O) groups excluding carboxylic acids is 1. The van der Waals surface area contributed by atoms with Gasteiger partial charge in [0.05, 0.1) is 6.20 Å². The number of thiazole rings is 1. The van der Waals surface area contributed by atoms with Crippen molar-refractivity contribution in [2.45, 2.75) is 44.8 Å². The summed E-state index contributed by atoms with van der Waals surface area (Å²) < 4.78 is 6.04. The molecule has 3 aromatic rings. The number of hydrogen-bond donors (Lipinski definition) is 2. The van der Waals surface area contributed by atoms with Gasteiger partial charge >= 0.3 is 6.09 Å². The molecule has 5 rings (SSSR count). The summed E-state index contributed by atoms with van der Waals surface area (Å²) in [6, 6.07) is 18.3. The minimum Gasteiger partial charge on any atom is -0.490 e. The van der Waals surface area contributed by atoms with Crippen molar-refractivity contribution >= 4 is 23.3 Å². The molecule has 0 unspecified atom stereocenters. The van der Waals surface area contributed by atoms with Gasteiger partial charge in [-0.25, -0.2) is 9.78 Å². The first kappa shape index (κ1) is 27.1. The Balaban J connectivity index is 1.03. The molecular weight excluding hydrogens is 512 g/mol. The number of nitrogens with zero attached hydrogens (tertiary/aromatic N) is 3. The second kappa shape index (κ2) is 13.1. The summed E-state index contributed by atoms with van der Waals surface area (Å²) in [5.41, 5.74) is 2.31. The number of carboxylic acid groups (broad SMARTS) is 1. The van der Waals surface area contributed by atoms with E-state index in [0.29, 0.717) is 43.3 Å². The highest BCUT2D eigenvalue weighted by molar-refractivity contribution is 7.16. The molecule has 0 radical (unpaired) electrons. The van der Waals surface area contributed by atoms with Crippen LogP contribution in [0.1, 0.15) is 47.3 Å². The highest BCUT2D eigenvalue weighted by Gasteiger charge is 2.23. The number of hydrogen-bond acceptors (Lipinski definition) is 6. The molecule has 8 nitrogen and oxygen atoms in total. The Morgan fingerprint density at radius 3 is 2.38 bits per heavy atom. The molecule has 2 saturated heterocycles. The molecule has 0 aliphatic carbocycles. The lowest BCUT2D eigenvalue weighted by atomic mass is 9.93. The molecule has 0 atom stereocenters. The lowest BCUT2D eigenvalue weighted by Crippen LogP contribution is -2.41. The predicted molar refractivity (Wildman–Crippen MR) is 152 cm³/mol. The number of aromatic nitrogens is 1. The third-order valence-electron chi connectivity index (χ3n) is 7.64. The fourth-order valence-corrected chi connectivity index (χ4v) is 6.14. The van der Waals surface area contributed by atoms with Crippen LogP contribution in [0.15, 0.2) is 60.8 Å². The number of ether oxygens (including phenoxy) is 1. The normalized spacial score (nSPS) is 17.2. The molecule has 0 spiro atoms. The molecular formula is C30H36N4O4S. The molecule has 2 fully saturated rings. The van der Waals surface area contributed by atoms with E-state index < -0.39 is 6.09 Å². The zero-order valence-electron chi connectivity index (χ0n) is 22.1. The molecule has 9 heteroatoms. The maximum absolute atomic E-state index is 12.7. The summed E-state index contributed by atoms with van der Waals surface area (Å²) in [5.74, 6) is 1.35. The van der Waals surface area contributed by atoms with Gasteiger partial charge in [-0.1, -0.05) is 30.3 Å². The largest absolute Gasteiger partial charge is 0.490 e. The highest BCUT2D eigenvalue weighted by atomic mass is 32.1. The van der Waals surface area contributed by atoms with Gasteiger partial charge in [-0.3, -0.25) is 9.69 Å². The van der Waals surface area contributed by atoms with Crippen molar-refractivity contribution in [3.63, 3.8) is 0 Å². The summed E-state index contributed by atoms with van der Waals surface area (Å²) in [7, 11) is 0. The van der Waals surface area contributed by atoms with E-state index in [1.165, 1.54) is 34.6 Å². The maximum atomic E-state index is 12.7. The zero-order valence-corrected chi connectivity index (χ0v) is 22.9. The monoisotopic (exact) mass is 548 g/mol. The van der Waals surface area contributed by atoms with E-state index >= 15 is 0 Å². The molecule has 0 saturated carbocycles. The number of carbonyl (C=O) groups is 2. The Morgan fingerprint density at radius 1 is 0.974 bits per heavy atom. The molecule has 1 aromatic heterocycles. The first-order chi connectivity index (χ1) is 19.0. The van der Waals surface area contributed by atoms with Crippen molar-refractivity contribution in [1.29, 1.82) is 0 Å². The first-order valence-corrected chi connectivity index (χ1v) is 14.6. The summed E-state index contributed by atoms with van der Waals surface area (Å²) in [6.07, 6.45) is 5.53. The predicted octanol–water partition coefficient (Wildman–Crippen LogP) is 5.36. The van der Waals surface area contributed by atoms with Crippen LogP contribution in [0, 0.1) is 5.92 Å². The topological polar surface area (TPSA) is 95.0 Å². The van der Waals surface area contributed by atoms with E-state index in [0.717, 1.165) is 42.4 Å². The quantitative estimate of drug-likeness (QED) is 0.374. The van der Waals surface area contributed by atoms with E-state index in [-0.39, 0.29) is 12.0 Å². The second-order valence-electron chi connectivity index (χ2n) is 10.4. The number of likely N-dealkylation sites (tertiary alicyclic amines) is 2. The molecule has 0 bridgehead atoms. The van der Waals surface area contributed by atoms with Crippen molar-refractivity contribution in [2.24, 2.45) is 5.92 Å². The van der Waals surface area contributed by atoms with Crippen molar-refractivity contribution in [1.82, 2.24) is 20.1 Å². The van der Waals surface area contributed by atoms with Gasteiger partial charge in [0.25, 0.3) is 5.91 Å². The van der Waals surface area contributed by atoms with Gasteiger partial charge in [-0.05, 0) is 68.1 Å². The Bertz CT molecular complexity index is 1220. The number of rotatable bonds is 9. The average Bonchev–Trinajstić information content (AvgIpc) is 3.46. The number of benzene rings is 2. The number of piperidine rings is 2. The average molecular weight is 549 g/mol. The smallest absolute Gasteiger partial charge is 0.407 e. The molecule has 3 heterocycles. The third kappa shape index (κ3) is 7.58. The van der Waals surface area contributed by atoms with E-state index in [9.17, 15) is 9.59 Å². The maximum Gasteiger partial charge on any atom is 0.407 e. The van der Waals surface area contributed by atoms with E-state index in [4.69, 9.17) is 9.84 Å². The Morgan fingerprint density at radius 2 is 1.69 bits per heavy atom. The van der Waals surface area contributed by atoms with Crippen LogP contribution in [0.2, 0.25) is 0 Å². The van der Waals surface area contributed by atoms with Crippen LogP contribution in [-0.2, 0) is 6.54 Å². The number of nitrogens with one attached hydrogen (secondary N) is 1. The van der Waals surface area contributed by atoms with Crippen molar-refractivity contribution in [3.8, 4) is 16.3 Å².